The van der Waals surface area contributed by atoms with Crippen LogP contribution in [0.3, 0.4) is 0 Å². The minimum absolute atomic E-state index is 0.0373. The molecule has 1 fully saturated rings. The van der Waals surface area contributed by atoms with Crippen LogP contribution in [-0.4, -0.2) is 56.5 Å². The molecular formula is C14H16F3N3O5S. The largest absolute Gasteiger partial charge is 0.432 e. The van der Waals surface area contributed by atoms with Crippen molar-refractivity contribution in [2.45, 2.75) is 13.0 Å². The summed E-state index contributed by atoms with van der Waals surface area (Å²) in [6, 6.07) is 2.69. The molecular weight excluding hydrogens is 379 g/mol. The van der Waals surface area contributed by atoms with E-state index in [9.17, 15) is 31.2 Å². The van der Waals surface area contributed by atoms with E-state index in [-0.39, 0.29) is 24.5 Å². The Morgan fingerprint density at radius 1 is 1.27 bits per heavy atom. The maximum absolute atomic E-state index is 13.5. The van der Waals surface area contributed by atoms with Crippen LogP contribution in [-0.2, 0) is 19.6 Å². The van der Waals surface area contributed by atoms with Crippen LogP contribution in [0.5, 0.6) is 5.75 Å². The van der Waals surface area contributed by atoms with E-state index in [1.54, 1.807) is 0 Å². The fourth-order valence-electron chi connectivity index (χ4n) is 2.27. The van der Waals surface area contributed by atoms with Crippen molar-refractivity contribution in [3.63, 3.8) is 0 Å². The number of anilines is 1. The minimum Gasteiger partial charge on any atom is -0.432 e. The molecule has 12 heteroatoms. The Morgan fingerprint density at radius 2 is 2.00 bits per heavy atom. The number of rotatable bonds is 6. The van der Waals surface area contributed by atoms with E-state index in [1.165, 1.54) is 4.31 Å². The number of nitrogens with zero attached hydrogens (tertiary/aromatic N) is 1. The molecule has 0 unspecified atom stereocenters. The maximum Gasteiger partial charge on any atom is 0.387 e. The zero-order valence-corrected chi connectivity index (χ0v) is 14.2. The first kappa shape index (κ1) is 20.0. The van der Waals surface area contributed by atoms with Crippen LogP contribution in [0.25, 0.3) is 0 Å². The molecule has 1 aromatic rings. The summed E-state index contributed by atoms with van der Waals surface area (Å²) in [5.41, 5.74) is -0.133. The van der Waals surface area contributed by atoms with Crippen molar-refractivity contribution in [1.29, 1.82) is 0 Å². The van der Waals surface area contributed by atoms with Gasteiger partial charge in [-0.15, -0.1) is 0 Å². The van der Waals surface area contributed by atoms with Gasteiger partial charge in [0.1, 0.15) is 0 Å². The number of ether oxygens (including phenoxy) is 1. The second-order valence-electron chi connectivity index (χ2n) is 5.30. The molecule has 0 bridgehead atoms. The van der Waals surface area contributed by atoms with Crippen LogP contribution in [0, 0.1) is 5.82 Å². The normalized spacial score (nSPS) is 16.5. The Hall–Kier alpha value is -2.34. The molecule has 0 spiro atoms. The third-order valence-electron chi connectivity index (χ3n) is 3.46. The first-order valence-corrected chi connectivity index (χ1v) is 9.11. The first-order chi connectivity index (χ1) is 12.2. The average Bonchev–Trinajstić information content (AvgIpc) is 2.88. The lowest BCUT2D eigenvalue weighted by atomic mass is 10.3. The number of amides is 2. The summed E-state index contributed by atoms with van der Waals surface area (Å²) in [5.74, 6) is -3.94. The number of hydrogen-bond donors (Lipinski definition) is 2. The third kappa shape index (κ3) is 5.33. The topological polar surface area (TPSA) is 105 Å². The molecule has 1 aromatic carbocycles. The lowest BCUT2D eigenvalue weighted by Crippen LogP contribution is -2.40. The Morgan fingerprint density at radius 3 is 2.58 bits per heavy atom. The van der Waals surface area contributed by atoms with Crippen molar-refractivity contribution in [2.75, 3.05) is 30.7 Å². The Balaban J connectivity index is 1.83. The van der Waals surface area contributed by atoms with Gasteiger partial charge in [0, 0.05) is 31.4 Å². The van der Waals surface area contributed by atoms with Crippen LogP contribution in [0.2, 0.25) is 0 Å². The average molecular weight is 395 g/mol. The molecule has 8 nitrogen and oxygen atoms in total. The van der Waals surface area contributed by atoms with Crippen LogP contribution >= 0.6 is 0 Å². The first-order valence-electron chi connectivity index (χ1n) is 7.50. The van der Waals surface area contributed by atoms with E-state index in [4.69, 9.17) is 0 Å². The summed E-state index contributed by atoms with van der Waals surface area (Å²) in [6.45, 7) is -2.87. The molecule has 1 aliphatic rings. The lowest BCUT2D eigenvalue weighted by Gasteiger charge is -2.14. The van der Waals surface area contributed by atoms with Crippen molar-refractivity contribution in [1.82, 2.24) is 9.62 Å². The van der Waals surface area contributed by atoms with Crippen molar-refractivity contribution in [3.8, 4) is 5.75 Å². The number of carbonyl (C=O) groups excluding carboxylic acids is 2. The summed E-state index contributed by atoms with van der Waals surface area (Å²) in [7, 11) is -3.30. The Kier molecular flexibility index (Phi) is 6.42. The van der Waals surface area contributed by atoms with Gasteiger partial charge in [-0.25, -0.2) is 17.1 Å². The van der Waals surface area contributed by atoms with E-state index in [0.717, 1.165) is 18.2 Å². The van der Waals surface area contributed by atoms with Crippen LogP contribution in [0.1, 0.15) is 6.42 Å². The summed E-state index contributed by atoms with van der Waals surface area (Å²) < 4.78 is 65.9. The highest BCUT2D eigenvalue weighted by molar-refractivity contribution is 7.89. The van der Waals surface area contributed by atoms with Gasteiger partial charge in [-0.2, -0.15) is 8.78 Å². The number of nitrogens with one attached hydrogen (secondary N) is 2. The number of benzene rings is 1. The molecule has 1 saturated heterocycles. The molecule has 0 radical (unpaired) electrons. The lowest BCUT2D eigenvalue weighted by molar-refractivity contribution is -0.136. The van der Waals surface area contributed by atoms with E-state index in [0.29, 0.717) is 13.0 Å². The number of halogens is 3. The zero-order valence-electron chi connectivity index (χ0n) is 13.4. The quantitative estimate of drug-likeness (QED) is 0.684. The highest BCUT2D eigenvalue weighted by atomic mass is 32.2. The molecule has 26 heavy (non-hydrogen) atoms. The fraction of sp³-hybridized carbons (Fsp3) is 0.429. The molecule has 1 heterocycles. The van der Waals surface area contributed by atoms with E-state index in [2.05, 4.69) is 15.4 Å². The second-order valence-corrected chi connectivity index (χ2v) is 7.39. The number of alkyl halides is 2. The van der Waals surface area contributed by atoms with E-state index in [1.807, 2.05) is 0 Å². The van der Waals surface area contributed by atoms with Gasteiger partial charge in [0.15, 0.2) is 11.6 Å². The van der Waals surface area contributed by atoms with Gasteiger partial charge in [0.05, 0.1) is 5.75 Å². The Bertz CT molecular complexity index is 788. The maximum atomic E-state index is 13.5. The summed E-state index contributed by atoms with van der Waals surface area (Å²) >= 11 is 0. The summed E-state index contributed by atoms with van der Waals surface area (Å²) in [4.78, 5) is 23.4. The predicted octanol–water partition coefficient (Wildman–Crippen LogP) is 0.517. The van der Waals surface area contributed by atoms with Crippen LogP contribution < -0.4 is 15.4 Å². The van der Waals surface area contributed by atoms with Gasteiger partial charge >= 0.3 is 18.4 Å². The molecule has 2 N–H and O–H groups in total. The van der Waals surface area contributed by atoms with Gasteiger partial charge in [0.25, 0.3) is 0 Å². The van der Waals surface area contributed by atoms with Gasteiger partial charge in [0.2, 0.25) is 10.0 Å². The standard InChI is InChI=1S/C14H16F3N3O5S/c15-10-8-9(2-3-11(10)25-14(16)17)19-13(22)12(21)18-4-6-20-5-1-7-26(20,23)24/h2-3,8,14H,1,4-7H2,(H,18,21)(H,19,22). The third-order valence-corrected chi connectivity index (χ3v) is 5.42. The minimum atomic E-state index is -3.30. The van der Waals surface area contributed by atoms with Gasteiger partial charge < -0.3 is 15.4 Å². The molecule has 0 aliphatic carbocycles. The second kappa shape index (κ2) is 8.36. The number of carbonyl (C=O) groups is 2. The van der Waals surface area contributed by atoms with Crippen molar-refractivity contribution in [2.24, 2.45) is 0 Å². The monoisotopic (exact) mass is 395 g/mol. The summed E-state index contributed by atoms with van der Waals surface area (Å²) in [6.07, 6.45) is 0.508. The van der Waals surface area contributed by atoms with E-state index < -0.39 is 40.0 Å². The highest BCUT2D eigenvalue weighted by Gasteiger charge is 2.27. The highest BCUT2D eigenvalue weighted by Crippen LogP contribution is 2.22. The molecule has 0 aromatic heterocycles. The molecule has 144 valence electrons. The molecule has 0 saturated carbocycles. The molecule has 0 atom stereocenters. The van der Waals surface area contributed by atoms with Gasteiger partial charge in [-0.3, -0.25) is 9.59 Å². The molecule has 1 aliphatic heterocycles. The SMILES string of the molecule is O=C(NCCN1CCCS1(=O)=O)C(=O)Nc1ccc(OC(F)F)c(F)c1. The smallest absolute Gasteiger partial charge is 0.387 e. The fourth-order valence-corrected chi connectivity index (χ4v) is 3.80. The Labute approximate surface area is 147 Å². The van der Waals surface area contributed by atoms with Gasteiger partial charge in [-0.05, 0) is 18.6 Å². The van der Waals surface area contributed by atoms with Gasteiger partial charge in [-0.1, -0.05) is 0 Å². The van der Waals surface area contributed by atoms with Crippen molar-refractivity contribution >= 4 is 27.5 Å². The molecule has 2 rings (SSSR count). The van der Waals surface area contributed by atoms with Crippen LogP contribution in [0.4, 0.5) is 18.9 Å². The molecule has 2 amide bonds. The zero-order chi connectivity index (χ0) is 19.3. The number of sulfonamides is 1. The predicted molar refractivity (Wildman–Crippen MR) is 84.6 cm³/mol. The van der Waals surface area contributed by atoms with Crippen molar-refractivity contribution < 1.29 is 35.9 Å². The van der Waals surface area contributed by atoms with E-state index >= 15 is 0 Å². The van der Waals surface area contributed by atoms with Crippen LogP contribution in [0.15, 0.2) is 18.2 Å². The van der Waals surface area contributed by atoms with Crippen molar-refractivity contribution in [3.05, 3.63) is 24.0 Å². The summed E-state index contributed by atoms with van der Waals surface area (Å²) in [5, 5.41) is 4.34. The number of hydrogen-bond acceptors (Lipinski definition) is 5.